The Bertz CT molecular complexity index is 1080. The standard InChI is InChI=1S/C29H36BrN3O3/c1-3-4-17-32(22-27-12-8-18-31(27)21-24-13-15-26(30)16-14-24)28(34)23-33(19-9-20-36-2)29(35)25-10-6-5-7-11-25/h5-8,10-16,18H,3-4,9,17,19-23H2,1-2H3. The van der Waals surface area contributed by atoms with E-state index in [4.69, 9.17) is 4.74 Å². The van der Waals surface area contributed by atoms with Crippen LogP contribution >= 0.6 is 15.9 Å². The summed E-state index contributed by atoms with van der Waals surface area (Å²) in [5.74, 6) is -0.171. The number of unbranched alkanes of at least 4 members (excludes halogenated alkanes) is 1. The number of hydrogen-bond donors (Lipinski definition) is 0. The third-order valence-corrected chi connectivity index (χ3v) is 6.62. The van der Waals surface area contributed by atoms with E-state index < -0.39 is 0 Å². The van der Waals surface area contributed by atoms with Gasteiger partial charge in [0, 0.05) is 55.3 Å². The van der Waals surface area contributed by atoms with Crippen molar-refractivity contribution >= 4 is 27.7 Å². The number of methoxy groups -OCH3 is 1. The van der Waals surface area contributed by atoms with Crippen LogP contribution in [0.15, 0.2) is 77.4 Å². The molecule has 7 heteroatoms. The second kappa shape index (κ2) is 14.6. The van der Waals surface area contributed by atoms with Crippen LogP contribution in [0.2, 0.25) is 0 Å². The predicted molar refractivity (Wildman–Crippen MR) is 147 cm³/mol. The van der Waals surface area contributed by atoms with E-state index in [9.17, 15) is 9.59 Å². The van der Waals surface area contributed by atoms with Crippen molar-refractivity contribution in [2.75, 3.05) is 33.4 Å². The van der Waals surface area contributed by atoms with Crippen molar-refractivity contribution in [2.24, 2.45) is 0 Å². The molecule has 0 N–H and O–H groups in total. The number of hydrogen-bond acceptors (Lipinski definition) is 3. The smallest absolute Gasteiger partial charge is 0.254 e. The Hall–Kier alpha value is -2.90. The highest BCUT2D eigenvalue weighted by Crippen LogP contribution is 2.15. The molecular formula is C29H36BrN3O3. The Kier molecular flexibility index (Phi) is 11.2. The Morgan fingerprint density at radius 2 is 1.64 bits per heavy atom. The molecule has 0 spiro atoms. The lowest BCUT2D eigenvalue weighted by Crippen LogP contribution is -2.43. The van der Waals surface area contributed by atoms with Crippen LogP contribution in [-0.4, -0.2) is 59.5 Å². The van der Waals surface area contributed by atoms with Crippen LogP contribution in [0.1, 0.15) is 47.8 Å². The van der Waals surface area contributed by atoms with Crippen molar-refractivity contribution in [3.63, 3.8) is 0 Å². The van der Waals surface area contributed by atoms with Crippen molar-refractivity contribution in [3.8, 4) is 0 Å². The van der Waals surface area contributed by atoms with Gasteiger partial charge in [-0.15, -0.1) is 0 Å². The molecule has 0 unspecified atom stereocenters. The Labute approximate surface area is 223 Å². The van der Waals surface area contributed by atoms with E-state index in [1.165, 1.54) is 5.56 Å². The fourth-order valence-corrected chi connectivity index (χ4v) is 4.31. The van der Waals surface area contributed by atoms with Crippen LogP contribution < -0.4 is 0 Å². The SMILES string of the molecule is CCCCN(Cc1cccn1Cc1ccc(Br)cc1)C(=O)CN(CCCOC)C(=O)c1ccccc1. The van der Waals surface area contributed by atoms with Crippen LogP contribution in [0.3, 0.4) is 0 Å². The van der Waals surface area contributed by atoms with Crippen LogP contribution in [0.5, 0.6) is 0 Å². The first-order chi connectivity index (χ1) is 17.5. The summed E-state index contributed by atoms with van der Waals surface area (Å²) in [6.45, 7) is 5.08. The van der Waals surface area contributed by atoms with Crippen molar-refractivity contribution in [3.05, 3.63) is 94.2 Å². The maximum Gasteiger partial charge on any atom is 0.254 e. The summed E-state index contributed by atoms with van der Waals surface area (Å²) in [5, 5.41) is 0. The zero-order chi connectivity index (χ0) is 25.8. The second-order valence-electron chi connectivity index (χ2n) is 8.86. The average molecular weight is 555 g/mol. The van der Waals surface area contributed by atoms with E-state index in [1.807, 2.05) is 41.3 Å². The monoisotopic (exact) mass is 553 g/mol. The summed E-state index contributed by atoms with van der Waals surface area (Å²) in [7, 11) is 1.64. The lowest BCUT2D eigenvalue weighted by Gasteiger charge is -2.28. The summed E-state index contributed by atoms with van der Waals surface area (Å²) in [6.07, 6.45) is 4.63. The lowest BCUT2D eigenvalue weighted by molar-refractivity contribution is -0.132. The minimum atomic E-state index is -0.130. The van der Waals surface area contributed by atoms with Crippen molar-refractivity contribution < 1.29 is 14.3 Å². The number of carbonyl (C=O) groups excluding carboxylic acids is 2. The summed E-state index contributed by atoms with van der Waals surface area (Å²) < 4.78 is 8.42. The molecule has 0 saturated carbocycles. The van der Waals surface area contributed by atoms with Gasteiger partial charge in [0.15, 0.2) is 0 Å². The van der Waals surface area contributed by atoms with Crippen LogP contribution in [0, 0.1) is 0 Å². The van der Waals surface area contributed by atoms with Gasteiger partial charge in [-0.25, -0.2) is 0 Å². The zero-order valence-electron chi connectivity index (χ0n) is 21.2. The maximum atomic E-state index is 13.5. The first kappa shape index (κ1) is 27.7. The molecule has 2 amide bonds. The summed E-state index contributed by atoms with van der Waals surface area (Å²) >= 11 is 3.49. The zero-order valence-corrected chi connectivity index (χ0v) is 22.8. The molecule has 0 aliphatic rings. The number of halogens is 1. The van der Waals surface area contributed by atoms with Gasteiger partial charge in [-0.05, 0) is 54.8 Å². The van der Waals surface area contributed by atoms with Gasteiger partial charge >= 0.3 is 0 Å². The minimum absolute atomic E-state index is 0.0402. The van der Waals surface area contributed by atoms with Gasteiger partial charge in [0.25, 0.3) is 5.91 Å². The number of nitrogens with zero attached hydrogens (tertiary/aromatic N) is 3. The fourth-order valence-electron chi connectivity index (χ4n) is 4.05. The molecule has 3 rings (SSSR count). The van der Waals surface area contributed by atoms with Gasteiger partial charge in [-0.1, -0.05) is 59.6 Å². The molecule has 0 fully saturated rings. The number of amides is 2. The molecule has 192 valence electrons. The molecule has 0 radical (unpaired) electrons. The molecular weight excluding hydrogens is 518 g/mol. The highest BCUT2D eigenvalue weighted by atomic mass is 79.9. The largest absolute Gasteiger partial charge is 0.385 e. The fraction of sp³-hybridized carbons (Fsp3) is 0.379. The van der Waals surface area contributed by atoms with E-state index in [-0.39, 0.29) is 18.4 Å². The number of rotatable bonds is 14. The van der Waals surface area contributed by atoms with Gasteiger partial charge in [0.2, 0.25) is 5.91 Å². The van der Waals surface area contributed by atoms with Gasteiger partial charge in [-0.2, -0.15) is 0 Å². The normalized spacial score (nSPS) is 10.9. The molecule has 3 aromatic rings. The van der Waals surface area contributed by atoms with E-state index in [0.717, 1.165) is 29.6 Å². The highest BCUT2D eigenvalue weighted by Gasteiger charge is 2.23. The van der Waals surface area contributed by atoms with E-state index >= 15 is 0 Å². The van der Waals surface area contributed by atoms with Gasteiger partial charge in [-0.3, -0.25) is 9.59 Å². The molecule has 6 nitrogen and oxygen atoms in total. The lowest BCUT2D eigenvalue weighted by atomic mass is 10.2. The summed E-state index contributed by atoms with van der Waals surface area (Å²) in [6, 6.07) is 21.5. The molecule has 0 aliphatic carbocycles. The van der Waals surface area contributed by atoms with E-state index in [1.54, 1.807) is 24.1 Å². The summed E-state index contributed by atoms with van der Waals surface area (Å²) in [5.41, 5.74) is 2.86. The molecule has 36 heavy (non-hydrogen) atoms. The third kappa shape index (κ3) is 8.35. The first-order valence-corrected chi connectivity index (χ1v) is 13.3. The first-order valence-electron chi connectivity index (χ1n) is 12.5. The van der Waals surface area contributed by atoms with Gasteiger partial charge in [0.1, 0.15) is 6.54 Å². The molecule has 0 aliphatic heterocycles. The predicted octanol–water partition coefficient (Wildman–Crippen LogP) is 5.61. The second-order valence-corrected chi connectivity index (χ2v) is 9.78. The van der Waals surface area contributed by atoms with E-state index in [0.29, 0.717) is 38.2 Å². The minimum Gasteiger partial charge on any atom is -0.385 e. The molecule has 0 bridgehead atoms. The number of ether oxygens (including phenoxy) is 1. The Morgan fingerprint density at radius 1 is 0.917 bits per heavy atom. The third-order valence-electron chi connectivity index (χ3n) is 6.09. The maximum absolute atomic E-state index is 13.5. The van der Waals surface area contributed by atoms with Crippen LogP contribution in [0.25, 0.3) is 0 Å². The molecule has 0 atom stereocenters. The van der Waals surface area contributed by atoms with Crippen molar-refractivity contribution in [2.45, 2.75) is 39.3 Å². The Balaban J connectivity index is 1.74. The number of benzene rings is 2. The van der Waals surface area contributed by atoms with Gasteiger partial charge < -0.3 is 19.1 Å². The molecule has 1 aromatic heterocycles. The van der Waals surface area contributed by atoms with Crippen LogP contribution in [0.4, 0.5) is 0 Å². The highest BCUT2D eigenvalue weighted by molar-refractivity contribution is 9.10. The van der Waals surface area contributed by atoms with E-state index in [2.05, 4.69) is 51.8 Å². The number of carbonyl (C=O) groups is 2. The summed E-state index contributed by atoms with van der Waals surface area (Å²) in [4.78, 5) is 30.3. The molecule has 0 saturated heterocycles. The quantitative estimate of drug-likeness (QED) is 0.244. The number of aromatic nitrogens is 1. The van der Waals surface area contributed by atoms with Crippen molar-refractivity contribution in [1.29, 1.82) is 0 Å². The topological polar surface area (TPSA) is 54.8 Å². The molecule has 1 heterocycles. The van der Waals surface area contributed by atoms with Crippen molar-refractivity contribution in [1.82, 2.24) is 14.4 Å². The molecule has 2 aromatic carbocycles. The van der Waals surface area contributed by atoms with Crippen LogP contribution in [-0.2, 0) is 22.6 Å². The van der Waals surface area contributed by atoms with Gasteiger partial charge in [0.05, 0.1) is 6.54 Å². The Morgan fingerprint density at radius 3 is 2.33 bits per heavy atom. The average Bonchev–Trinajstić information content (AvgIpc) is 3.33.